The molecule has 0 saturated carbocycles. The van der Waals surface area contributed by atoms with E-state index in [2.05, 4.69) is 10.1 Å². The van der Waals surface area contributed by atoms with Crippen LogP contribution in [0.1, 0.15) is 10.4 Å². The van der Waals surface area contributed by atoms with Crippen LogP contribution >= 0.6 is 0 Å². The highest BCUT2D eigenvalue weighted by Crippen LogP contribution is 2.20. The third-order valence-corrected chi connectivity index (χ3v) is 2.93. The molecule has 0 radical (unpaired) electrons. The van der Waals surface area contributed by atoms with Crippen molar-refractivity contribution in [3.8, 4) is 16.9 Å². The topological polar surface area (TPSA) is 68.0 Å². The first kappa shape index (κ1) is 12.1. The van der Waals surface area contributed by atoms with E-state index in [0.29, 0.717) is 0 Å². The lowest BCUT2D eigenvalue weighted by Crippen LogP contribution is -1.96. The average Bonchev–Trinajstić information content (AvgIpc) is 2.98. The number of aromatic carboxylic acids is 1. The van der Waals surface area contributed by atoms with E-state index in [9.17, 15) is 4.79 Å². The van der Waals surface area contributed by atoms with E-state index in [4.69, 9.17) is 5.11 Å². The predicted molar refractivity (Wildman–Crippen MR) is 73.8 cm³/mol. The number of rotatable bonds is 3. The van der Waals surface area contributed by atoms with Crippen LogP contribution < -0.4 is 0 Å². The van der Waals surface area contributed by atoms with E-state index in [1.54, 1.807) is 41.3 Å². The summed E-state index contributed by atoms with van der Waals surface area (Å²) in [5.41, 5.74) is 2.09. The van der Waals surface area contributed by atoms with Gasteiger partial charge in [-0.1, -0.05) is 18.2 Å². The van der Waals surface area contributed by atoms with Crippen molar-refractivity contribution in [1.29, 1.82) is 0 Å². The SMILES string of the molecule is O=C(O)c1ccc(-c2cnn(-c3ccccn3)c2)cc1. The Morgan fingerprint density at radius 1 is 1.05 bits per heavy atom. The standard InChI is InChI=1S/C15H11N3O2/c19-15(20)12-6-4-11(5-7-12)13-9-17-18(10-13)14-3-1-2-8-16-14/h1-10H,(H,19,20). The zero-order chi connectivity index (χ0) is 13.9. The van der Waals surface area contributed by atoms with Gasteiger partial charge >= 0.3 is 5.97 Å². The summed E-state index contributed by atoms with van der Waals surface area (Å²) in [6.07, 6.45) is 5.29. The van der Waals surface area contributed by atoms with E-state index >= 15 is 0 Å². The van der Waals surface area contributed by atoms with Crippen LogP contribution in [0.4, 0.5) is 0 Å². The zero-order valence-electron chi connectivity index (χ0n) is 10.5. The van der Waals surface area contributed by atoms with Gasteiger partial charge in [-0.15, -0.1) is 0 Å². The van der Waals surface area contributed by atoms with E-state index in [1.807, 2.05) is 24.4 Å². The summed E-state index contributed by atoms with van der Waals surface area (Å²) in [5, 5.41) is 13.1. The lowest BCUT2D eigenvalue weighted by molar-refractivity contribution is 0.0697. The Bertz CT molecular complexity index is 733. The van der Waals surface area contributed by atoms with Gasteiger partial charge in [-0.3, -0.25) is 0 Å². The Morgan fingerprint density at radius 2 is 1.85 bits per heavy atom. The molecule has 0 aliphatic carbocycles. The summed E-state index contributed by atoms with van der Waals surface area (Å²) < 4.78 is 1.68. The van der Waals surface area contributed by atoms with Crippen molar-refractivity contribution in [1.82, 2.24) is 14.8 Å². The van der Waals surface area contributed by atoms with Crippen molar-refractivity contribution in [2.75, 3.05) is 0 Å². The highest BCUT2D eigenvalue weighted by molar-refractivity contribution is 5.88. The molecule has 1 N–H and O–H groups in total. The fraction of sp³-hybridized carbons (Fsp3) is 0. The van der Waals surface area contributed by atoms with Gasteiger partial charge in [0.1, 0.15) is 0 Å². The molecule has 0 saturated heterocycles. The van der Waals surface area contributed by atoms with Crippen molar-refractivity contribution < 1.29 is 9.90 Å². The maximum atomic E-state index is 10.8. The number of aromatic nitrogens is 3. The van der Waals surface area contributed by atoms with E-state index in [0.717, 1.165) is 16.9 Å². The van der Waals surface area contributed by atoms with Crippen LogP contribution in [0.15, 0.2) is 61.1 Å². The highest BCUT2D eigenvalue weighted by Gasteiger charge is 2.06. The predicted octanol–water partition coefficient (Wildman–Crippen LogP) is 2.63. The molecule has 98 valence electrons. The number of carboxylic acid groups (broad SMARTS) is 1. The van der Waals surface area contributed by atoms with Gasteiger partial charge in [0.25, 0.3) is 0 Å². The molecular formula is C15H11N3O2. The number of carbonyl (C=O) groups is 1. The minimum Gasteiger partial charge on any atom is -0.478 e. The van der Waals surface area contributed by atoms with Gasteiger partial charge in [0.2, 0.25) is 0 Å². The normalized spacial score (nSPS) is 10.4. The second-order valence-electron chi connectivity index (χ2n) is 4.24. The molecule has 0 amide bonds. The van der Waals surface area contributed by atoms with Crippen LogP contribution in [0.3, 0.4) is 0 Å². The Labute approximate surface area is 115 Å². The van der Waals surface area contributed by atoms with Crippen LogP contribution in [0.25, 0.3) is 16.9 Å². The molecule has 1 aromatic carbocycles. The van der Waals surface area contributed by atoms with Crippen LogP contribution in [0, 0.1) is 0 Å². The van der Waals surface area contributed by atoms with Crippen molar-refractivity contribution in [2.24, 2.45) is 0 Å². The van der Waals surface area contributed by atoms with Crippen molar-refractivity contribution in [2.45, 2.75) is 0 Å². The summed E-state index contributed by atoms with van der Waals surface area (Å²) in [4.78, 5) is 15.0. The average molecular weight is 265 g/mol. The minimum atomic E-state index is -0.930. The van der Waals surface area contributed by atoms with Crippen LogP contribution in [0.5, 0.6) is 0 Å². The maximum Gasteiger partial charge on any atom is 0.335 e. The number of pyridine rings is 1. The van der Waals surface area contributed by atoms with Gasteiger partial charge in [-0.05, 0) is 29.8 Å². The molecule has 0 atom stereocenters. The van der Waals surface area contributed by atoms with Gasteiger partial charge in [0.15, 0.2) is 5.82 Å². The van der Waals surface area contributed by atoms with Crippen LogP contribution in [-0.4, -0.2) is 25.8 Å². The van der Waals surface area contributed by atoms with E-state index < -0.39 is 5.97 Å². The number of hydrogen-bond acceptors (Lipinski definition) is 3. The third kappa shape index (κ3) is 2.29. The summed E-state index contributed by atoms with van der Waals surface area (Å²) >= 11 is 0. The molecule has 3 aromatic rings. The van der Waals surface area contributed by atoms with Crippen LogP contribution in [-0.2, 0) is 0 Å². The van der Waals surface area contributed by atoms with Gasteiger partial charge in [0.05, 0.1) is 11.8 Å². The lowest BCUT2D eigenvalue weighted by Gasteiger charge is -1.99. The monoisotopic (exact) mass is 265 g/mol. The van der Waals surface area contributed by atoms with Gasteiger partial charge in [-0.2, -0.15) is 5.10 Å². The Kier molecular flexibility index (Phi) is 3.01. The van der Waals surface area contributed by atoms with Crippen molar-refractivity contribution in [3.63, 3.8) is 0 Å². The summed E-state index contributed by atoms with van der Waals surface area (Å²) in [5.74, 6) is -0.193. The lowest BCUT2D eigenvalue weighted by atomic mass is 10.1. The molecule has 5 nitrogen and oxygen atoms in total. The van der Waals surface area contributed by atoms with E-state index in [-0.39, 0.29) is 5.56 Å². The first-order valence-electron chi connectivity index (χ1n) is 6.04. The molecule has 0 aliphatic rings. The Hall–Kier alpha value is -2.95. The Morgan fingerprint density at radius 3 is 2.50 bits per heavy atom. The fourth-order valence-electron chi connectivity index (χ4n) is 1.89. The van der Waals surface area contributed by atoms with Gasteiger partial charge < -0.3 is 5.11 Å². The number of benzene rings is 1. The first-order valence-corrected chi connectivity index (χ1v) is 6.04. The molecule has 20 heavy (non-hydrogen) atoms. The molecule has 0 fully saturated rings. The highest BCUT2D eigenvalue weighted by atomic mass is 16.4. The second-order valence-corrected chi connectivity index (χ2v) is 4.24. The van der Waals surface area contributed by atoms with Gasteiger partial charge in [-0.25, -0.2) is 14.5 Å². The molecule has 0 spiro atoms. The number of carboxylic acids is 1. The van der Waals surface area contributed by atoms with Gasteiger partial charge in [0, 0.05) is 18.0 Å². The minimum absolute atomic E-state index is 0.269. The molecule has 0 aliphatic heterocycles. The molecular weight excluding hydrogens is 254 g/mol. The maximum absolute atomic E-state index is 10.8. The molecule has 0 unspecified atom stereocenters. The molecule has 2 aromatic heterocycles. The Balaban J connectivity index is 1.92. The quantitative estimate of drug-likeness (QED) is 0.790. The number of nitrogens with zero attached hydrogens (tertiary/aromatic N) is 3. The van der Waals surface area contributed by atoms with Crippen molar-refractivity contribution >= 4 is 5.97 Å². The van der Waals surface area contributed by atoms with E-state index in [1.165, 1.54) is 0 Å². The second kappa shape index (κ2) is 4.97. The smallest absolute Gasteiger partial charge is 0.335 e. The molecule has 3 rings (SSSR count). The summed E-state index contributed by atoms with van der Waals surface area (Å²) in [6.45, 7) is 0. The summed E-state index contributed by atoms with van der Waals surface area (Å²) in [7, 11) is 0. The number of hydrogen-bond donors (Lipinski definition) is 1. The molecule has 2 heterocycles. The largest absolute Gasteiger partial charge is 0.478 e. The molecule has 0 bridgehead atoms. The zero-order valence-corrected chi connectivity index (χ0v) is 10.5. The third-order valence-electron chi connectivity index (χ3n) is 2.93. The van der Waals surface area contributed by atoms with Crippen molar-refractivity contribution in [3.05, 3.63) is 66.6 Å². The summed E-state index contributed by atoms with van der Waals surface area (Å²) in [6, 6.07) is 12.3. The van der Waals surface area contributed by atoms with Crippen LogP contribution in [0.2, 0.25) is 0 Å². The fourth-order valence-corrected chi connectivity index (χ4v) is 1.89. The first-order chi connectivity index (χ1) is 9.74. The molecule has 5 heteroatoms.